The molecular formula is C21H28N2O6S. The standard InChI is InChI=1S/C21H28N2O6S/c1-15(2)13-23(14-16-6-8-18(9-7-16)29-30(5,25)26)21(24)22-17-10-19(27-3)12-20(11-17)28-4/h6-12,15H,13-14H2,1-5H3,(H,22,24). The van der Waals surface area contributed by atoms with Crippen molar-refractivity contribution >= 4 is 21.8 Å². The van der Waals surface area contributed by atoms with Crippen molar-refractivity contribution in [3.8, 4) is 17.2 Å². The fraction of sp³-hybridized carbons (Fsp3) is 0.381. The molecule has 0 aliphatic carbocycles. The molecule has 0 radical (unpaired) electrons. The highest BCUT2D eigenvalue weighted by Gasteiger charge is 2.17. The smallest absolute Gasteiger partial charge is 0.322 e. The molecule has 0 fully saturated rings. The normalized spacial score (nSPS) is 11.1. The van der Waals surface area contributed by atoms with E-state index in [1.54, 1.807) is 61.6 Å². The number of hydrogen-bond acceptors (Lipinski definition) is 6. The highest BCUT2D eigenvalue weighted by molar-refractivity contribution is 7.86. The number of amides is 2. The van der Waals surface area contributed by atoms with E-state index in [2.05, 4.69) is 5.32 Å². The van der Waals surface area contributed by atoms with Crippen molar-refractivity contribution in [1.29, 1.82) is 0 Å². The molecule has 0 saturated carbocycles. The largest absolute Gasteiger partial charge is 0.497 e. The van der Waals surface area contributed by atoms with E-state index in [0.29, 0.717) is 30.3 Å². The summed E-state index contributed by atoms with van der Waals surface area (Å²) >= 11 is 0. The number of carbonyl (C=O) groups is 1. The second-order valence-corrected chi connectivity index (χ2v) is 8.81. The van der Waals surface area contributed by atoms with Gasteiger partial charge < -0.3 is 23.9 Å². The lowest BCUT2D eigenvalue weighted by molar-refractivity contribution is 0.201. The molecule has 0 aliphatic heterocycles. The fourth-order valence-corrected chi connectivity index (χ4v) is 3.25. The molecular weight excluding hydrogens is 408 g/mol. The summed E-state index contributed by atoms with van der Waals surface area (Å²) in [5, 5.41) is 2.88. The van der Waals surface area contributed by atoms with Crippen molar-refractivity contribution in [2.45, 2.75) is 20.4 Å². The van der Waals surface area contributed by atoms with Crippen LogP contribution in [0.2, 0.25) is 0 Å². The van der Waals surface area contributed by atoms with Gasteiger partial charge in [-0.3, -0.25) is 0 Å². The summed E-state index contributed by atoms with van der Waals surface area (Å²) in [5.41, 5.74) is 1.40. The monoisotopic (exact) mass is 436 g/mol. The summed E-state index contributed by atoms with van der Waals surface area (Å²) in [6.07, 6.45) is 0.989. The lowest BCUT2D eigenvalue weighted by Gasteiger charge is -2.25. The highest BCUT2D eigenvalue weighted by atomic mass is 32.2. The molecule has 2 aromatic carbocycles. The van der Waals surface area contributed by atoms with E-state index in [1.807, 2.05) is 13.8 Å². The molecule has 0 bridgehead atoms. The minimum atomic E-state index is -3.58. The lowest BCUT2D eigenvalue weighted by atomic mass is 10.1. The van der Waals surface area contributed by atoms with E-state index in [1.165, 1.54) is 0 Å². The number of anilines is 1. The third kappa shape index (κ3) is 7.47. The summed E-state index contributed by atoms with van der Waals surface area (Å²) in [7, 11) is -0.495. The zero-order chi connectivity index (χ0) is 22.3. The van der Waals surface area contributed by atoms with Crippen LogP contribution in [-0.2, 0) is 16.7 Å². The molecule has 9 heteroatoms. The molecule has 0 aliphatic rings. The average Bonchev–Trinajstić information content (AvgIpc) is 2.67. The van der Waals surface area contributed by atoms with Crippen molar-refractivity contribution < 1.29 is 26.9 Å². The van der Waals surface area contributed by atoms with Crippen LogP contribution < -0.4 is 19.0 Å². The quantitative estimate of drug-likeness (QED) is 0.602. The number of nitrogens with one attached hydrogen (secondary N) is 1. The van der Waals surface area contributed by atoms with Crippen molar-refractivity contribution in [1.82, 2.24) is 4.90 Å². The lowest BCUT2D eigenvalue weighted by Crippen LogP contribution is -2.37. The fourth-order valence-electron chi connectivity index (χ4n) is 2.79. The molecule has 0 saturated heterocycles. The molecule has 0 unspecified atom stereocenters. The van der Waals surface area contributed by atoms with Crippen LogP contribution in [-0.4, -0.2) is 46.4 Å². The van der Waals surface area contributed by atoms with Gasteiger partial charge in [0, 0.05) is 37.0 Å². The van der Waals surface area contributed by atoms with Crippen molar-refractivity contribution in [3.63, 3.8) is 0 Å². The van der Waals surface area contributed by atoms with Gasteiger partial charge in [0.15, 0.2) is 0 Å². The first-order valence-electron chi connectivity index (χ1n) is 9.37. The summed E-state index contributed by atoms with van der Waals surface area (Å²) in [6.45, 7) is 4.94. The van der Waals surface area contributed by atoms with Gasteiger partial charge >= 0.3 is 16.1 Å². The Bertz CT molecular complexity index is 936. The van der Waals surface area contributed by atoms with Crippen LogP contribution in [0, 0.1) is 5.92 Å². The zero-order valence-corrected chi connectivity index (χ0v) is 18.7. The van der Waals surface area contributed by atoms with E-state index >= 15 is 0 Å². The van der Waals surface area contributed by atoms with Crippen LogP contribution in [0.5, 0.6) is 17.2 Å². The second kappa shape index (κ2) is 10.2. The number of carbonyl (C=O) groups excluding carboxylic acids is 1. The average molecular weight is 437 g/mol. The number of ether oxygens (including phenoxy) is 2. The number of urea groups is 1. The van der Waals surface area contributed by atoms with Gasteiger partial charge in [-0.25, -0.2) is 4.79 Å². The van der Waals surface area contributed by atoms with Gasteiger partial charge in [-0.1, -0.05) is 26.0 Å². The maximum atomic E-state index is 12.9. The summed E-state index contributed by atoms with van der Waals surface area (Å²) in [5.74, 6) is 1.62. The molecule has 1 N–H and O–H groups in total. The first-order valence-corrected chi connectivity index (χ1v) is 11.2. The SMILES string of the molecule is COc1cc(NC(=O)N(Cc2ccc(OS(C)(=O)=O)cc2)CC(C)C)cc(OC)c1. The molecule has 0 aromatic heterocycles. The van der Waals surface area contributed by atoms with Gasteiger partial charge in [0.2, 0.25) is 0 Å². The van der Waals surface area contributed by atoms with Gasteiger partial charge in [0.05, 0.1) is 20.5 Å². The van der Waals surface area contributed by atoms with Crippen LogP contribution in [0.3, 0.4) is 0 Å². The van der Waals surface area contributed by atoms with E-state index in [0.717, 1.165) is 11.8 Å². The molecule has 0 atom stereocenters. The van der Waals surface area contributed by atoms with Gasteiger partial charge in [-0.15, -0.1) is 0 Å². The van der Waals surface area contributed by atoms with E-state index in [9.17, 15) is 13.2 Å². The third-order valence-corrected chi connectivity index (χ3v) is 4.52. The van der Waals surface area contributed by atoms with Crippen LogP contribution in [0.15, 0.2) is 42.5 Å². The van der Waals surface area contributed by atoms with Crippen LogP contribution in [0.1, 0.15) is 19.4 Å². The van der Waals surface area contributed by atoms with Crippen molar-refractivity contribution in [3.05, 3.63) is 48.0 Å². The topological polar surface area (TPSA) is 94.2 Å². The van der Waals surface area contributed by atoms with Crippen molar-refractivity contribution in [2.75, 3.05) is 32.3 Å². The number of methoxy groups -OCH3 is 2. The zero-order valence-electron chi connectivity index (χ0n) is 17.8. The molecule has 2 rings (SSSR count). The third-order valence-electron chi connectivity index (χ3n) is 4.02. The summed E-state index contributed by atoms with van der Waals surface area (Å²) in [4.78, 5) is 14.6. The Labute approximate surface area is 177 Å². The van der Waals surface area contributed by atoms with Gasteiger partial charge in [0.25, 0.3) is 0 Å². The summed E-state index contributed by atoms with van der Waals surface area (Å²) < 4.78 is 37.8. The Morgan fingerprint density at radius 3 is 2.03 bits per heavy atom. The van der Waals surface area contributed by atoms with Crippen molar-refractivity contribution in [2.24, 2.45) is 5.92 Å². The Balaban J connectivity index is 2.16. The summed E-state index contributed by atoms with van der Waals surface area (Å²) in [6, 6.07) is 11.5. The van der Waals surface area contributed by atoms with Gasteiger partial charge in [-0.05, 0) is 23.6 Å². The maximum absolute atomic E-state index is 12.9. The maximum Gasteiger partial charge on any atom is 0.322 e. The molecule has 2 aromatic rings. The molecule has 0 heterocycles. The Morgan fingerprint density at radius 2 is 1.57 bits per heavy atom. The first kappa shape index (κ1) is 23.3. The molecule has 164 valence electrons. The number of benzene rings is 2. The van der Waals surface area contributed by atoms with Crippen LogP contribution in [0.25, 0.3) is 0 Å². The van der Waals surface area contributed by atoms with Gasteiger partial charge in [-0.2, -0.15) is 8.42 Å². The van der Waals surface area contributed by atoms with E-state index in [-0.39, 0.29) is 17.7 Å². The molecule has 2 amide bonds. The van der Waals surface area contributed by atoms with E-state index < -0.39 is 10.1 Å². The molecule has 8 nitrogen and oxygen atoms in total. The predicted molar refractivity (Wildman–Crippen MR) is 116 cm³/mol. The Morgan fingerprint density at radius 1 is 1.00 bits per heavy atom. The molecule has 0 spiro atoms. The second-order valence-electron chi connectivity index (χ2n) is 7.24. The predicted octanol–water partition coefficient (Wildman–Crippen LogP) is 3.73. The number of hydrogen-bond donors (Lipinski definition) is 1. The number of rotatable bonds is 9. The van der Waals surface area contributed by atoms with Crippen LogP contribution >= 0.6 is 0 Å². The van der Waals surface area contributed by atoms with E-state index in [4.69, 9.17) is 13.7 Å². The highest BCUT2D eigenvalue weighted by Crippen LogP contribution is 2.26. The van der Waals surface area contributed by atoms with Gasteiger partial charge in [0.1, 0.15) is 17.2 Å². The number of nitrogens with zero attached hydrogens (tertiary/aromatic N) is 1. The van der Waals surface area contributed by atoms with Crippen LogP contribution in [0.4, 0.5) is 10.5 Å². The first-order chi connectivity index (χ1) is 14.1. The minimum absolute atomic E-state index is 0.226. The minimum Gasteiger partial charge on any atom is -0.497 e. The molecule has 30 heavy (non-hydrogen) atoms. The Kier molecular flexibility index (Phi) is 7.93. The Hall–Kier alpha value is -2.94.